The molecule has 0 saturated carbocycles. The molecule has 2 aromatic carbocycles. The van der Waals surface area contributed by atoms with Crippen LogP contribution in [0.5, 0.6) is 11.5 Å². The minimum atomic E-state index is -0.0290. The summed E-state index contributed by atoms with van der Waals surface area (Å²) in [6, 6.07) is 9.43. The van der Waals surface area contributed by atoms with Crippen molar-refractivity contribution in [3.05, 3.63) is 64.2 Å². The normalized spacial score (nSPS) is 14.8. The van der Waals surface area contributed by atoms with E-state index >= 15 is 0 Å². The minimum Gasteiger partial charge on any atom is -0.507 e. The number of ketones is 1. The van der Waals surface area contributed by atoms with Crippen LogP contribution in [0.2, 0.25) is 0 Å². The van der Waals surface area contributed by atoms with Gasteiger partial charge in [0, 0.05) is 24.0 Å². The van der Waals surface area contributed by atoms with E-state index in [-0.39, 0.29) is 5.78 Å². The molecule has 0 bridgehead atoms. The first-order valence-corrected chi connectivity index (χ1v) is 9.51. The second kappa shape index (κ2) is 8.40. The van der Waals surface area contributed by atoms with E-state index in [2.05, 4.69) is 0 Å². The van der Waals surface area contributed by atoms with Gasteiger partial charge in [0.25, 0.3) is 0 Å². The highest BCUT2D eigenvalue weighted by Gasteiger charge is 2.18. The Kier molecular flexibility index (Phi) is 5.97. The van der Waals surface area contributed by atoms with E-state index in [4.69, 9.17) is 4.74 Å². The molecule has 0 radical (unpaired) electrons. The molecule has 1 saturated heterocycles. The quantitative estimate of drug-likeness (QED) is 0.610. The van der Waals surface area contributed by atoms with E-state index in [0.29, 0.717) is 11.3 Å². The number of rotatable bonds is 6. The van der Waals surface area contributed by atoms with Crippen molar-refractivity contribution in [2.75, 3.05) is 20.2 Å². The molecule has 0 aliphatic carbocycles. The van der Waals surface area contributed by atoms with E-state index in [1.807, 2.05) is 44.2 Å². The summed E-state index contributed by atoms with van der Waals surface area (Å²) in [4.78, 5) is 14.2. The van der Waals surface area contributed by atoms with Crippen LogP contribution in [0.25, 0.3) is 6.08 Å². The Morgan fingerprint density at radius 2 is 1.81 bits per heavy atom. The average molecular weight is 366 g/mol. The molecular weight excluding hydrogens is 338 g/mol. The van der Waals surface area contributed by atoms with Gasteiger partial charge in [-0.1, -0.05) is 6.08 Å². The number of carbonyl (C=O) groups is 1. The van der Waals surface area contributed by atoms with Gasteiger partial charge in [-0.15, -0.1) is 0 Å². The smallest absolute Gasteiger partial charge is 0.185 e. The number of hydrogen-bond donors (Lipinski definition) is 2. The van der Waals surface area contributed by atoms with Gasteiger partial charge in [-0.05, 0) is 66.9 Å². The largest absolute Gasteiger partial charge is 0.507 e. The zero-order valence-electron chi connectivity index (χ0n) is 16.3. The first kappa shape index (κ1) is 19.2. The summed E-state index contributed by atoms with van der Waals surface area (Å²) in [6.07, 6.45) is 5.94. The Labute approximate surface area is 161 Å². The van der Waals surface area contributed by atoms with Crippen LogP contribution in [0.15, 0.2) is 36.4 Å². The van der Waals surface area contributed by atoms with Crippen LogP contribution in [0.3, 0.4) is 0 Å². The van der Waals surface area contributed by atoms with Crippen LogP contribution >= 0.6 is 0 Å². The lowest BCUT2D eigenvalue weighted by molar-refractivity contribution is -0.901. The number of benzene rings is 2. The van der Waals surface area contributed by atoms with E-state index in [1.165, 1.54) is 25.9 Å². The van der Waals surface area contributed by atoms with E-state index in [9.17, 15) is 9.90 Å². The number of nitrogens with one attached hydrogen (secondary N) is 1. The number of allylic oxidation sites excluding steroid dienone is 1. The lowest BCUT2D eigenvalue weighted by Gasteiger charge is -2.15. The van der Waals surface area contributed by atoms with Gasteiger partial charge in [-0.3, -0.25) is 4.79 Å². The summed E-state index contributed by atoms with van der Waals surface area (Å²) < 4.78 is 5.49. The summed E-state index contributed by atoms with van der Waals surface area (Å²) in [6.45, 7) is 6.97. The number of aromatic hydroxyl groups is 1. The van der Waals surface area contributed by atoms with E-state index < -0.39 is 0 Å². The van der Waals surface area contributed by atoms with Crippen molar-refractivity contribution < 1.29 is 19.5 Å². The van der Waals surface area contributed by atoms with Crippen LogP contribution in [-0.2, 0) is 6.54 Å². The predicted molar refractivity (Wildman–Crippen MR) is 108 cm³/mol. The van der Waals surface area contributed by atoms with Crippen LogP contribution in [0.4, 0.5) is 0 Å². The van der Waals surface area contributed by atoms with Gasteiger partial charge in [0.05, 0.1) is 20.2 Å². The molecule has 0 unspecified atom stereocenters. The van der Waals surface area contributed by atoms with Gasteiger partial charge in [0.1, 0.15) is 18.0 Å². The molecule has 1 fully saturated rings. The van der Waals surface area contributed by atoms with Gasteiger partial charge in [-0.2, -0.15) is 0 Å². The fourth-order valence-electron chi connectivity index (χ4n) is 3.74. The van der Waals surface area contributed by atoms with Crippen molar-refractivity contribution in [2.45, 2.75) is 33.2 Å². The maximum Gasteiger partial charge on any atom is 0.185 e. The molecule has 2 N–H and O–H groups in total. The molecule has 27 heavy (non-hydrogen) atoms. The number of methoxy groups -OCH3 is 1. The second-order valence-corrected chi connectivity index (χ2v) is 7.36. The van der Waals surface area contributed by atoms with Gasteiger partial charge >= 0.3 is 0 Å². The SMILES string of the molecule is COc1ccc(C(=O)/C=C/c2cc(C)c(O)c(C)c2)cc1C[NH+]1CCCC1. The maximum atomic E-state index is 12.7. The highest BCUT2D eigenvalue weighted by atomic mass is 16.5. The molecule has 0 spiro atoms. The molecule has 4 nitrogen and oxygen atoms in total. The first-order chi connectivity index (χ1) is 13.0. The Bertz CT molecular complexity index is 841. The molecular formula is C23H28NO3+. The Morgan fingerprint density at radius 3 is 2.44 bits per heavy atom. The zero-order valence-corrected chi connectivity index (χ0v) is 16.3. The molecule has 2 aromatic rings. The van der Waals surface area contributed by atoms with E-state index in [1.54, 1.807) is 24.2 Å². The summed E-state index contributed by atoms with van der Waals surface area (Å²) in [5.41, 5.74) is 4.29. The van der Waals surface area contributed by atoms with E-state index in [0.717, 1.165) is 34.5 Å². The fraction of sp³-hybridized carbons (Fsp3) is 0.348. The lowest BCUT2D eigenvalue weighted by Crippen LogP contribution is -3.08. The number of aryl methyl sites for hydroxylation is 2. The molecule has 1 aliphatic heterocycles. The molecule has 0 atom stereocenters. The minimum absolute atomic E-state index is 0.0290. The van der Waals surface area contributed by atoms with Crippen molar-refractivity contribution in [1.29, 1.82) is 0 Å². The van der Waals surface area contributed by atoms with Crippen LogP contribution in [0.1, 0.15) is 45.5 Å². The first-order valence-electron chi connectivity index (χ1n) is 9.51. The Morgan fingerprint density at radius 1 is 1.15 bits per heavy atom. The van der Waals surface area contributed by atoms with Crippen molar-refractivity contribution in [3.63, 3.8) is 0 Å². The van der Waals surface area contributed by atoms with Gasteiger partial charge < -0.3 is 14.7 Å². The molecule has 3 rings (SSSR count). The van der Waals surface area contributed by atoms with Crippen LogP contribution in [0, 0.1) is 13.8 Å². The second-order valence-electron chi connectivity index (χ2n) is 7.36. The number of carbonyl (C=O) groups excluding carboxylic acids is 1. The van der Waals surface area contributed by atoms with Crippen LogP contribution in [-0.4, -0.2) is 31.1 Å². The third kappa shape index (κ3) is 4.58. The Hall–Kier alpha value is -2.59. The molecule has 1 aliphatic rings. The average Bonchev–Trinajstić information content (AvgIpc) is 3.17. The molecule has 0 amide bonds. The number of ether oxygens (including phenoxy) is 1. The zero-order chi connectivity index (χ0) is 19.4. The van der Waals surface area contributed by atoms with Gasteiger partial charge in [-0.25, -0.2) is 0 Å². The summed E-state index contributed by atoms with van der Waals surface area (Å²) >= 11 is 0. The maximum absolute atomic E-state index is 12.7. The number of quaternary nitrogens is 1. The highest BCUT2D eigenvalue weighted by Crippen LogP contribution is 2.24. The van der Waals surface area contributed by atoms with Crippen molar-refractivity contribution >= 4 is 11.9 Å². The number of hydrogen-bond acceptors (Lipinski definition) is 3. The van der Waals surface area contributed by atoms with Gasteiger partial charge in [0.15, 0.2) is 5.78 Å². The summed E-state index contributed by atoms with van der Waals surface area (Å²) in [5.74, 6) is 1.13. The third-order valence-corrected chi connectivity index (χ3v) is 5.26. The van der Waals surface area contributed by atoms with Crippen molar-refractivity contribution in [2.24, 2.45) is 0 Å². The highest BCUT2D eigenvalue weighted by molar-refractivity contribution is 6.07. The molecule has 142 valence electrons. The molecule has 1 heterocycles. The number of phenolic OH excluding ortho intramolecular Hbond substituents is 1. The van der Waals surface area contributed by atoms with Crippen molar-refractivity contribution in [3.8, 4) is 11.5 Å². The standard InChI is InChI=1S/C23H27NO3/c1-16-12-18(13-17(2)23(16)26)6-8-21(25)19-7-9-22(27-3)20(14-19)15-24-10-4-5-11-24/h6-9,12-14,26H,4-5,10-11,15H2,1-3H3/p+1/b8-6+. The third-order valence-electron chi connectivity index (χ3n) is 5.26. The lowest BCUT2D eigenvalue weighted by atomic mass is 10.0. The molecule has 0 aromatic heterocycles. The number of phenols is 1. The molecule has 4 heteroatoms. The topological polar surface area (TPSA) is 51.0 Å². The summed E-state index contributed by atoms with van der Waals surface area (Å²) in [7, 11) is 1.68. The van der Waals surface area contributed by atoms with Crippen LogP contribution < -0.4 is 9.64 Å². The Balaban J connectivity index is 1.79. The summed E-state index contributed by atoms with van der Waals surface area (Å²) in [5, 5.41) is 9.88. The number of likely N-dealkylation sites (tertiary alicyclic amines) is 1. The fourth-order valence-corrected chi connectivity index (χ4v) is 3.74. The van der Waals surface area contributed by atoms with Gasteiger partial charge in [0.2, 0.25) is 0 Å². The monoisotopic (exact) mass is 366 g/mol. The predicted octanol–water partition coefficient (Wildman–Crippen LogP) is 3.09. The van der Waals surface area contributed by atoms with Crippen molar-refractivity contribution in [1.82, 2.24) is 0 Å².